The number of hydrogen-bond donors (Lipinski definition) is 2. The van der Waals surface area contributed by atoms with E-state index in [1.165, 1.54) is 19.3 Å². The second kappa shape index (κ2) is 11.5. The van der Waals surface area contributed by atoms with Crippen LogP contribution in [0.15, 0.2) is 23.8 Å². The van der Waals surface area contributed by atoms with Gasteiger partial charge in [0.15, 0.2) is 0 Å². The zero-order chi connectivity index (χ0) is 22.3. The molecular weight excluding hydrogens is 370 g/mol. The summed E-state index contributed by atoms with van der Waals surface area (Å²) in [7, 11) is 2.21. The summed E-state index contributed by atoms with van der Waals surface area (Å²) in [5.41, 5.74) is 1.84. The van der Waals surface area contributed by atoms with Crippen LogP contribution in [0.5, 0.6) is 0 Å². The van der Waals surface area contributed by atoms with Crippen molar-refractivity contribution in [1.29, 1.82) is 0 Å². The largest absolute Gasteiger partial charge is 0.392 e. The van der Waals surface area contributed by atoms with Gasteiger partial charge in [0.1, 0.15) is 0 Å². The monoisotopic (exact) mass is 415 g/mol. The number of fused-ring (bicyclic) bond motifs is 1. The fourth-order valence-corrected chi connectivity index (χ4v) is 4.89. The summed E-state index contributed by atoms with van der Waals surface area (Å²) in [6.45, 7) is 11.8. The van der Waals surface area contributed by atoms with Crippen LogP contribution < -0.4 is 0 Å². The molecule has 2 saturated carbocycles. The van der Waals surface area contributed by atoms with E-state index in [1.807, 2.05) is 19.9 Å². The van der Waals surface area contributed by atoms with E-state index in [1.54, 1.807) is 5.57 Å². The van der Waals surface area contributed by atoms with Crippen LogP contribution in [0.1, 0.15) is 79.6 Å². The van der Waals surface area contributed by atoms with Crippen LogP contribution in [0.2, 0.25) is 0 Å². The topological polar surface area (TPSA) is 43.7 Å². The fraction of sp³-hybridized carbons (Fsp3) is 0.778. The lowest BCUT2D eigenvalue weighted by atomic mass is 9.89. The van der Waals surface area contributed by atoms with Gasteiger partial charge in [-0.15, -0.1) is 11.8 Å². The molecule has 3 nitrogen and oxygen atoms in total. The van der Waals surface area contributed by atoms with Crippen LogP contribution in [0.4, 0.5) is 0 Å². The molecule has 6 atom stereocenters. The SMILES string of the molecule is CC#CC[C@@H](C)[C@H](O)C=C[C@@H]1[C@H]2CC(=CCCCCN(C)C(C)(C)C)C[C@H]2C[C@H]1O. The molecule has 0 radical (unpaired) electrons. The minimum Gasteiger partial charge on any atom is -0.392 e. The summed E-state index contributed by atoms with van der Waals surface area (Å²) in [5.74, 6) is 7.39. The van der Waals surface area contributed by atoms with Crippen LogP contribution in [0.3, 0.4) is 0 Å². The molecule has 0 saturated heterocycles. The van der Waals surface area contributed by atoms with Crippen molar-refractivity contribution in [2.75, 3.05) is 13.6 Å². The van der Waals surface area contributed by atoms with Gasteiger partial charge in [-0.05, 0) is 97.6 Å². The van der Waals surface area contributed by atoms with Crippen LogP contribution in [-0.4, -0.2) is 46.5 Å². The molecule has 0 aromatic heterocycles. The number of allylic oxidation sites excluding steroid dienone is 2. The van der Waals surface area contributed by atoms with E-state index in [-0.39, 0.29) is 23.5 Å². The Morgan fingerprint density at radius 1 is 1.23 bits per heavy atom. The van der Waals surface area contributed by atoms with Gasteiger partial charge in [0.05, 0.1) is 12.2 Å². The van der Waals surface area contributed by atoms with Gasteiger partial charge in [-0.2, -0.15) is 0 Å². The number of nitrogens with zero attached hydrogens (tertiary/aromatic N) is 1. The molecule has 2 rings (SSSR count). The van der Waals surface area contributed by atoms with Crippen LogP contribution in [0, 0.1) is 35.5 Å². The maximum Gasteiger partial charge on any atom is 0.0755 e. The van der Waals surface area contributed by atoms with Gasteiger partial charge < -0.3 is 15.1 Å². The molecule has 2 aliphatic rings. The minimum atomic E-state index is -0.486. The lowest BCUT2D eigenvalue weighted by molar-refractivity contribution is 0.137. The Morgan fingerprint density at radius 3 is 2.63 bits per heavy atom. The third kappa shape index (κ3) is 7.26. The first-order valence-electron chi connectivity index (χ1n) is 12.0. The van der Waals surface area contributed by atoms with Gasteiger partial charge >= 0.3 is 0 Å². The number of hydrogen-bond acceptors (Lipinski definition) is 3. The summed E-state index contributed by atoms with van der Waals surface area (Å²) >= 11 is 0. The Morgan fingerprint density at radius 2 is 1.97 bits per heavy atom. The van der Waals surface area contributed by atoms with Crippen molar-refractivity contribution >= 4 is 0 Å². The van der Waals surface area contributed by atoms with Gasteiger partial charge in [0, 0.05) is 17.9 Å². The zero-order valence-corrected chi connectivity index (χ0v) is 20.2. The molecule has 0 aromatic rings. The van der Waals surface area contributed by atoms with E-state index in [0.717, 1.165) is 25.8 Å². The van der Waals surface area contributed by atoms with Gasteiger partial charge in [-0.25, -0.2) is 0 Å². The van der Waals surface area contributed by atoms with Gasteiger partial charge in [-0.3, -0.25) is 0 Å². The molecule has 3 heteroatoms. The molecule has 0 aliphatic heterocycles. The Labute approximate surface area is 185 Å². The third-order valence-electron chi connectivity index (χ3n) is 7.35. The Kier molecular flexibility index (Phi) is 9.67. The summed E-state index contributed by atoms with van der Waals surface area (Å²) in [5, 5.41) is 20.9. The normalized spacial score (nSPS) is 30.0. The first kappa shape index (κ1) is 25.2. The fourth-order valence-electron chi connectivity index (χ4n) is 4.89. The second-order valence-corrected chi connectivity index (χ2v) is 10.6. The molecule has 0 amide bonds. The minimum absolute atomic E-state index is 0.124. The van der Waals surface area contributed by atoms with Crippen molar-refractivity contribution in [2.24, 2.45) is 23.7 Å². The van der Waals surface area contributed by atoms with Crippen molar-refractivity contribution in [3.63, 3.8) is 0 Å². The van der Waals surface area contributed by atoms with Gasteiger partial charge in [0.25, 0.3) is 0 Å². The standard InChI is InChI=1S/C27H45NO2/c1-7-8-12-20(2)25(29)15-14-23-24-18-21(17-22(24)19-26(23)30)13-10-9-11-16-28(6)27(3,4)5/h13-15,20,22-26,29-30H,9-12,16-19H2,1-6H3/t20-,22+,23-,24+,25-,26-/m1/s1. The molecule has 0 spiro atoms. The quantitative estimate of drug-likeness (QED) is 0.309. The van der Waals surface area contributed by atoms with E-state index >= 15 is 0 Å². The molecule has 2 aliphatic carbocycles. The maximum absolute atomic E-state index is 10.6. The van der Waals surface area contributed by atoms with Crippen molar-refractivity contribution in [3.05, 3.63) is 23.8 Å². The summed E-state index contributed by atoms with van der Waals surface area (Å²) in [6.07, 6.45) is 13.3. The molecule has 30 heavy (non-hydrogen) atoms. The molecule has 2 fully saturated rings. The molecule has 170 valence electrons. The lowest BCUT2D eigenvalue weighted by Gasteiger charge is -2.31. The first-order chi connectivity index (χ1) is 14.1. The molecule has 0 bridgehead atoms. The Bertz CT molecular complexity index is 648. The first-order valence-corrected chi connectivity index (χ1v) is 12.0. The zero-order valence-electron chi connectivity index (χ0n) is 20.2. The molecule has 0 unspecified atom stereocenters. The van der Waals surface area contributed by atoms with E-state index in [4.69, 9.17) is 0 Å². The van der Waals surface area contributed by atoms with E-state index in [2.05, 4.69) is 56.7 Å². The lowest BCUT2D eigenvalue weighted by Crippen LogP contribution is -2.38. The van der Waals surface area contributed by atoms with Crippen LogP contribution in [0.25, 0.3) is 0 Å². The van der Waals surface area contributed by atoms with Gasteiger partial charge in [-0.1, -0.05) is 30.7 Å². The average Bonchev–Trinajstić information content (AvgIpc) is 3.19. The maximum atomic E-state index is 10.6. The highest BCUT2D eigenvalue weighted by Gasteiger charge is 2.44. The number of rotatable bonds is 9. The highest BCUT2D eigenvalue weighted by molar-refractivity contribution is 5.18. The molecule has 0 aromatic carbocycles. The number of unbranched alkanes of at least 4 members (excludes halogenated alkanes) is 2. The van der Waals surface area contributed by atoms with Crippen molar-refractivity contribution in [3.8, 4) is 11.8 Å². The predicted octanol–water partition coefficient (Wildman–Crippen LogP) is 5.19. The predicted molar refractivity (Wildman–Crippen MR) is 127 cm³/mol. The van der Waals surface area contributed by atoms with E-state index in [9.17, 15) is 10.2 Å². The van der Waals surface area contributed by atoms with Crippen molar-refractivity contribution < 1.29 is 10.2 Å². The molecular formula is C27H45NO2. The van der Waals surface area contributed by atoms with Crippen molar-refractivity contribution in [2.45, 2.75) is 97.3 Å². The highest BCUT2D eigenvalue weighted by atomic mass is 16.3. The van der Waals surface area contributed by atoms with E-state index < -0.39 is 6.10 Å². The molecule has 2 N–H and O–H groups in total. The third-order valence-corrected chi connectivity index (χ3v) is 7.35. The number of aliphatic hydroxyl groups is 2. The summed E-state index contributed by atoms with van der Waals surface area (Å²) in [6, 6.07) is 0. The second-order valence-electron chi connectivity index (χ2n) is 10.6. The Balaban J connectivity index is 1.81. The smallest absolute Gasteiger partial charge is 0.0755 e. The molecule has 0 heterocycles. The van der Waals surface area contributed by atoms with Crippen LogP contribution in [-0.2, 0) is 0 Å². The summed E-state index contributed by atoms with van der Waals surface area (Å²) < 4.78 is 0. The van der Waals surface area contributed by atoms with Crippen LogP contribution >= 0.6 is 0 Å². The average molecular weight is 416 g/mol. The highest BCUT2D eigenvalue weighted by Crippen LogP contribution is 2.50. The summed E-state index contributed by atoms with van der Waals surface area (Å²) in [4.78, 5) is 2.43. The van der Waals surface area contributed by atoms with E-state index in [0.29, 0.717) is 18.3 Å². The van der Waals surface area contributed by atoms with Gasteiger partial charge in [0.2, 0.25) is 0 Å². The van der Waals surface area contributed by atoms with Crippen molar-refractivity contribution in [1.82, 2.24) is 4.90 Å². The number of aliphatic hydroxyl groups excluding tert-OH is 2. The Hall–Kier alpha value is -1.08.